The molecule has 2 N–H and O–H groups in total. The Labute approximate surface area is 87.4 Å². The molecular weight excluding hydrogens is 286 g/mol. The number of nitrogens with two attached hydrogens (primary N) is 1. The second-order valence-corrected chi connectivity index (χ2v) is 3.62. The standard InChI is InChI=1S/C8H7Br2NO/c9-4-7(12)5-2-1-3-6(11)8(5)10/h1-3H,4,11H2. The highest BCUT2D eigenvalue weighted by molar-refractivity contribution is 9.10. The third-order valence-corrected chi connectivity index (χ3v) is 2.84. The summed E-state index contributed by atoms with van der Waals surface area (Å²) in [7, 11) is 0. The highest BCUT2D eigenvalue weighted by Gasteiger charge is 2.09. The van der Waals surface area contributed by atoms with E-state index in [2.05, 4.69) is 31.9 Å². The number of rotatable bonds is 2. The van der Waals surface area contributed by atoms with Crippen molar-refractivity contribution < 1.29 is 4.79 Å². The molecule has 0 bridgehead atoms. The van der Waals surface area contributed by atoms with Crippen LogP contribution in [0.15, 0.2) is 22.7 Å². The molecule has 0 spiro atoms. The van der Waals surface area contributed by atoms with E-state index in [1.54, 1.807) is 18.2 Å². The summed E-state index contributed by atoms with van der Waals surface area (Å²) in [6.07, 6.45) is 0. The van der Waals surface area contributed by atoms with Gasteiger partial charge in [-0.3, -0.25) is 4.79 Å². The van der Waals surface area contributed by atoms with E-state index in [1.165, 1.54) is 0 Å². The molecule has 0 atom stereocenters. The van der Waals surface area contributed by atoms with Crippen molar-refractivity contribution in [3.63, 3.8) is 0 Å². The number of alkyl halides is 1. The van der Waals surface area contributed by atoms with E-state index >= 15 is 0 Å². The summed E-state index contributed by atoms with van der Waals surface area (Å²) in [5.74, 6) is 0.0224. The van der Waals surface area contributed by atoms with Crippen LogP contribution in [0.3, 0.4) is 0 Å². The Bertz CT molecular complexity index is 312. The van der Waals surface area contributed by atoms with Crippen LogP contribution in [0.25, 0.3) is 0 Å². The largest absolute Gasteiger partial charge is 0.398 e. The molecule has 0 heterocycles. The van der Waals surface area contributed by atoms with Gasteiger partial charge in [-0.25, -0.2) is 0 Å². The first-order valence-corrected chi connectivity index (χ1v) is 5.21. The molecule has 0 saturated carbocycles. The molecule has 0 aliphatic rings. The summed E-state index contributed by atoms with van der Waals surface area (Å²) in [6.45, 7) is 0. The monoisotopic (exact) mass is 291 g/mol. The van der Waals surface area contributed by atoms with E-state index in [9.17, 15) is 4.79 Å². The maximum atomic E-state index is 11.3. The molecule has 1 rings (SSSR count). The van der Waals surface area contributed by atoms with E-state index in [-0.39, 0.29) is 5.78 Å². The molecule has 2 nitrogen and oxygen atoms in total. The van der Waals surface area contributed by atoms with Crippen molar-refractivity contribution >= 4 is 43.3 Å². The normalized spacial score (nSPS) is 9.83. The Hall–Kier alpha value is -0.350. The molecule has 1 aromatic rings. The van der Waals surface area contributed by atoms with Gasteiger partial charge in [-0.2, -0.15) is 0 Å². The highest BCUT2D eigenvalue weighted by Crippen LogP contribution is 2.24. The summed E-state index contributed by atoms with van der Waals surface area (Å²) in [4.78, 5) is 11.3. The summed E-state index contributed by atoms with van der Waals surface area (Å²) in [5, 5.41) is 0.315. The molecule has 12 heavy (non-hydrogen) atoms. The Kier molecular flexibility index (Phi) is 3.29. The first-order chi connectivity index (χ1) is 5.66. The van der Waals surface area contributed by atoms with Crippen molar-refractivity contribution in [2.75, 3.05) is 11.1 Å². The van der Waals surface area contributed by atoms with Gasteiger partial charge in [-0.15, -0.1) is 0 Å². The molecule has 1 aromatic carbocycles. The highest BCUT2D eigenvalue weighted by atomic mass is 79.9. The van der Waals surface area contributed by atoms with Crippen LogP contribution in [-0.4, -0.2) is 11.1 Å². The number of carbonyl (C=O) groups is 1. The average molecular weight is 293 g/mol. The predicted octanol–water partition coefficient (Wildman–Crippen LogP) is 2.61. The first kappa shape index (κ1) is 9.74. The number of hydrogen-bond acceptors (Lipinski definition) is 2. The van der Waals surface area contributed by atoms with Gasteiger partial charge in [-0.1, -0.05) is 28.1 Å². The minimum atomic E-state index is 0.0224. The molecule has 64 valence electrons. The SMILES string of the molecule is Nc1cccc(C(=O)CBr)c1Br. The maximum Gasteiger partial charge on any atom is 0.174 e. The molecule has 0 saturated heterocycles. The third-order valence-electron chi connectivity index (χ3n) is 1.45. The molecule has 0 aliphatic heterocycles. The van der Waals surface area contributed by atoms with E-state index in [4.69, 9.17) is 5.73 Å². The Balaban J connectivity index is 3.16. The van der Waals surface area contributed by atoms with Gasteiger partial charge in [0.1, 0.15) is 0 Å². The van der Waals surface area contributed by atoms with Gasteiger partial charge in [0.05, 0.1) is 9.80 Å². The fourth-order valence-electron chi connectivity index (χ4n) is 0.837. The summed E-state index contributed by atoms with van der Waals surface area (Å²) >= 11 is 6.35. The van der Waals surface area contributed by atoms with E-state index in [1.807, 2.05) is 0 Å². The zero-order valence-electron chi connectivity index (χ0n) is 6.18. The fourth-order valence-corrected chi connectivity index (χ4v) is 1.62. The quantitative estimate of drug-likeness (QED) is 0.517. The number of carbonyl (C=O) groups excluding carboxylic acids is 1. The summed E-state index contributed by atoms with van der Waals surface area (Å²) < 4.78 is 0.675. The number of benzene rings is 1. The van der Waals surface area contributed by atoms with Gasteiger partial charge in [-0.05, 0) is 22.0 Å². The van der Waals surface area contributed by atoms with Crippen molar-refractivity contribution in [2.45, 2.75) is 0 Å². The number of hydrogen-bond donors (Lipinski definition) is 1. The van der Waals surface area contributed by atoms with Gasteiger partial charge in [0, 0.05) is 11.3 Å². The van der Waals surface area contributed by atoms with Crippen LogP contribution in [0.2, 0.25) is 0 Å². The lowest BCUT2D eigenvalue weighted by Crippen LogP contribution is -2.02. The predicted molar refractivity (Wildman–Crippen MR) is 56.7 cm³/mol. The van der Waals surface area contributed by atoms with Gasteiger partial charge in [0.25, 0.3) is 0 Å². The van der Waals surface area contributed by atoms with Crippen molar-refractivity contribution in [2.24, 2.45) is 0 Å². The molecule has 0 radical (unpaired) electrons. The van der Waals surface area contributed by atoms with Crippen LogP contribution in [0.5, 0.6) is 0 Å². The van der Waals surface area contributed by atoms with Gasteiger partial charge < -0.3 is 5.73 Å². The minimum Gasteiger partial charge on any atom is -0.398 e. The van der Waals surface area contributed by atoms with Crippen molar-refractivity contribution in [1.29, 1.82) is 0 Å². The van der Waals surface area contributed by atoms with E-state index < -0.39 is 0 Å². The lowest BCUT2D eigenvalue weighted by Gasteiger charge is -2.02. The number of Topliss-reactive ketones (excluding diaryl/α,β-unsaturated/α-hetero) is 1. The zero-order chi connectivity index (χ0) is 9.14. The summed E-state index contributed by atoms with van der Waals surface area (Å²) in [6, 6.07) is 5.25. The molecule has 0 aromatic heterocycles. The first-order valence-electron chi connectivity index (χ1n) is 3.30. The second-order valence-electron chi connectivity index (χ2n) is 2.27. The minimum absolute atomic E-state index is 0.0224. The third kappa shape index (κ3) is 1.87. The maximum absolute atomic E-state index is 11.3. The van der Waals surface area contributed by atoms with Crippen LogP contribution in [0.1, 0.15) is 10.4 Å². The van der Waals surface area contributed by atoms with Crippen LogP contribution >= 0.6 is 31.9 Å². The zero-order valence-corrected chi connectivity index (χ0v) is 9.35. The van der Waals surface area contributed by atoms with Gasteiger partial charge >= 0.3 is 0 Å². The van der Waals surface area contributed by atoms with E-state index in [0.29, 0.717) is 21.1 Å². The smallest absolute Gasteiger partial charge is 0.174 e. The fraction of sp³-hybridized carbons (Fsp3) is 0.125. The van der Waals surface area contributed by atoms with Crippen molar-refractivity contribution in [3.05, 3.63) is 28.2 Å². The Morgan fingerprint density at radius 2 is 2.17 bits per heavy atom. The lowest BCUT2D eigenvalue weighted by atomic mass is 10.1. The molecule has 0 unspecified atom stereocenters. The van der Waals surface area contributed by atoms with E-state index in [0.717, 1.165) is 0 Å². The average Bonchev–Trinajstić information content (AvgIpc) is 2.08. The number of nitrogen functional groups attached to an aromatic ring is 1. The molecule has 0 fully saturated rings. The van der Waals surface area contributed by atoms with Crippen LogP contribution in [-0.2, 0) is 0 Å². The second kappa shape index (κ2) is 4.05. The summed E-state index contributed by atoms with van der Waals surface area (Å²) in [5.41, 5.74) is 6.80. The number of ketones is 1. The molecular formula is C8H7Br2NO. The van der Waals surface area contributed by atoms with Crippen molar-refractivity contribution in [1.82, 2.24) is 0 Å². The van der Waals surface area contributed by atoms with Gasteiger partial charge in [0.15, 0.2) is 5.78 Å². The Morgan fingerprint density at radius 3 is 2.75 bits per heavy atom. The number of anilines is 1. The number of halogens is 2. The van der Waals surface area contributed by atoms with Gasteiger partial charge in [0.2, 0.25) is 0 Å². The van der Waals surface area contributed by atoms with Crippen molar-refractivity contribution in [3.8, 4) is 0 Å². The molecule has 4 heteroatoms. The van der Waals surface area contributed by atoms with Crippen LogP contribution < -0.4 is 5.73 Å². The topological polar surface area (TPSA) is 43.1 Å². The van der Waals surface area contributed by atoms with Crippen LogP contribution in [0.4, 0.5) is 5.69 Å². The lowest BCUT2D eigenvalue weighted by molar-refractivity contribution is 0.102. The Morgan fingerprint density at radius 1 is 1.50 bits per heavy atom. The molecule has 0 aliphatic carbocycles. The van der Waals surface area contributed by atoms with Crippen LogP contribution in [0, 0.1) is 0 Å². The molecule has 0 amide bonds.